The molecule has 2 rings (SSSR count). The second-order valence-electron chi connectivity index (χ2n) is 5.11. The van der Waals surface area contributed by atoms with E-state index in [2.05, 4.69) is 28.3 Å². The van der Waals surface area contributed by atoms with Gasteiger partial charge in [0.1, 0.15) is 5.82 Å². The summed E-state index contributed by atoms with van der Waals surface area (Å²) in [7, 11) is 3.85. The largest absolute Gasteiger partial charge is 0.383 e. The van der Waals surface area contributed by atoms with E-state index in [4.69, 9.17) is 9.47 Å². The molecular weight excluding hydrogens is 254 g/mol. The number of nitrogens with one attached hydrogen (secondary N) is 1. The Kier molecular flexibility index (Phi) is 6.24. The number of nitrogens with zero attached hydrogens (tertiary/aromatic N) is 2. The van der Waals surface area contributed by atoms with E-state index in [1.165, 1.54) is 5.56 Å². The molecule has 20 heavy (non-hydrogen) atoms. The van der Waals surface area contributed by atoms with Crippen molar-refractivity contribution in [1.29, 1.82) is 0 Å². The molecule has 0 amide bonds. The van der Waals surface area contributed by atoms with Crippen molar-refractivity contribution >= 4 is 5.82 Å². The zero-order chi connectivity index (χ0) is 14.2. The van der Waals surface area contributed by atoms with E-state index in [0.29, 0.717) is 6.04 Å². The van der Waals surface area contributed by atoms with Gasteiger partial charge in [-0.3, -0.25) is 0 Å². The van der Waals surface area contributed by atoms with Crippen LogP contribution in [0.15, 0.2) is 18.3 Å². The van der Waals surface area contributed by atoms with Crippen LogP contribution in [-0.4, -0.2) is 51.5 Å². The van der Waals surface area contributed by atoms with Gasteiger partial charge in [0.25, 0.3) is 0 Å². The smallest absolute Gasteiger partial charge is 0.133 e. The van der Waals surface area contributed by atoms with Crippen LogP contribution in [0.25, 0.3) is 0 Å². The first-order valence-corrected chi connectivity index (χ1v) is 7.27. The summed E-state index contributed by atoms with van der Waals surface area (Å²) >= 11 is 0. The molecule has 1 aromatic heterocycles. The maximum Gasteiger partial charge on any atom is 0.133 e. The lowest BCUT2D eigenvalue weighted by atomic mass is 10.1. The van der Waals surface area contributed by atoms with Gasteiger partial charge < -0.3 is 19.7 Å². The maximum absolute atomic E-state index is 5.43. The van der Waals surface area contributed by atoms with E-state index in [1.807, 2.05) is 12.3 Å². The molecule has 0 aliphatic carbocycles. The monoisotopic (exact) mass is 279 g/mol. The van der Waals surface area contributed by atoms with E-state index in [9.17, 15) is 0 Å². The molecule has 0 radical (unpaired) electrons. The van der Waals surface area contributed by atoms with Crippen LogP contribution in [0.4, 0.5) is 5.82 Å². The molecule has 0 unspecified atom stereocenters. The van der Waals surface area contributed by atoms with Crippen LogP contribution in [0.5, 0.6) is 0 Å². The second-order valence-corrected chi connectivity index (χ2v) is 5.11. The number of pyridine rings is 1. The minimum absolute atomic E-state index is 0.524. The lowest BCUT2D eigenvalue weighted by molar-refractivity contribution is 0.0853. The standard InChI is InChI=1S/C15H25N3O2/c1-18(14-5-9-20-10-6-14)15-13(4-3-7-17-15)12-16-8-11-19-2/h3-4,7,14,16H,5-6,8-12H2,1-2H3. The number of hydrogen-bond donors (Lipinski definition) is 1. The van der Waals surface area contributed by atoms with Crippen LogP contribution in [0.2, 0.25) is 0 Å². The van der Waals surface area contributed by atoms with Crippen molar-refractivity contribution in [1.82, 2.24) is 10.3 Å². The average Bonchev–Trinajstić information content (AvgIpc) is 2.52. The summed E-state index contributed by atoms with van der Waals surface area (Å²) in [6.45, 7) is 4.10. The SMILES string of the molecule is COCCNCc1cccnc1N(C)C1CCOCC1. The van der Waals surface area contributed by atoms with Crippen LogP contribution in [0.3, 0.4) is 0 Å². The predicted molar refractivity (Wildman–Crippen MR) is 80.1 cm³/mol. The van der Waals surface area contributed by atoms with Crippen LogP contribution < -0.4 is 10.2 Å². The minimum Gasteiger partial charge on any atom is -0.383 e. The van der Waals surface area contributed by atoms with Crippen molar-refractivity contribution < 1.29 is 9.47 Å². The van der Waals surface area contributed by atoms with Gasteiger partial charge in [-0.2, -0.15) is 0 Å². The summed E-state index contributed by atoms with van der Waals surface area (Å²) in [5.74, 6) is 1.07. The van der Waals surface area contributed by atoms with Gasteiger partial charge in [0.05, 0.1) is 6.61 Å². The van der Waals surface area contributed by atoms with Gasteiger partial charge in [-0.25, -0.2) is 4.98 Å². The zero-order valence-electron chi connectivity index (χ0n) is 12.5. The van der Waals surface area contributed by atoms with E-state index in [1.54, 1.807) is 7.11 Å². The third kappa shape index (κ3) is 4.16. The van der Waals surface area contributed by atoms with Gasteiger partial charge in [-0.15, -0.1) is 0 Å². The topological polar surface area (TPSA) is 46.6 Å². The normalized spacial score (nSPS) is 16.3. The summed E-state index contributed by atoms with van der Waals surface area (Å²) < 4.78 is 10.5. The molecule has 0 bridgehead atoms. The lowest BCUT2D eigenvalue weighted by Crippen LogP contribution is -2.38. The van der Waals surface area contributed by atoms with Crippen molar-refractivity contribution in [2.45, 2.75) is 25.4 Å². The molecule has 1 fully saturated rings. The molecule has 5 heteroatoms. The fraction of sp³-hybridized carbons (Fsp3) is 0.667. The second kappa shape index (κ2) is 8.19. The molecule has 0 spiro atoms. The molecular formula is C15H25N3O2. The Morgan fingerprint density at radius 2 is 2.25 bits per heavy atom. The summed E-state index contributed by atoms with van der Waals surface area (Å²) in [6.07, 6.45) is 4.01. The number of rotatable bonds is 7. The fourth-order valence-corrected chi connectivity index (χ4v) is 2.53. The van der Waals surface area contributed by atoms with Gasteiger partial charge in [-0.05, 0) is 18.9 Å². The molecule has 0 atom stereocenters. The fourth-order valence-electron chi connectivity index (χ4n) is 2.53. The van der Waals surface area contributed by atoms with Crippen LogP contribution in [-0.2, 0) is 16.0 Å². The number of aromatic nitrogens is 1. The van der Waals surface area contributed by atoms with Crippen molar-refractivity contribution in [2.24, 2.45) is 0 Å². The molecule has 1 N–H and O–H groups in total. The van der Waals surface area contributed by atoms with E-state index < -0.39 is 0 Å². The highest BCUT2D eigenvalue weighted by Crippen LogP contribution is 2.22. The lowest BCUT2D eigenvalue weighted by Gasteiger charge is -2.33. The summed E-state index contributed by atoms with van der Waals surface area (Å²) in [6, 6.07) is 4.66. The minimum atomic E-state index is 0.524. The van der Waals surface area contributed by atoms with Gasteiger partial charge in [-0.1, -0.05) is 6.07 Å². The molecule has 0 aromatic carbocycles. The molecule has 1 aromatic rings. The van der Waals surface area contributed by atoms with E-state index in [0.717, 1.165) is 51.6 Å². The molecule has 5 nitrogen and oxygen atoms in total. The van der Waals surface area contributed by atoms with Crippen LogP contribution >= 0.6 is 0 Å². The number of methoxy groups -OCH3 is 1. The maximum atomic E-state index is 5.43. The molecule has 1 aliphatic heterocycles. The van der Waals surface area contributed by atoms with Crippen molar-refractivity contribution in [2.75, 3.05) is 45.4 Å². The highest BCUT2D eigenvalue weighted by Gasteiger charge is 2.21. The Balaban J connectivity index is 1.98. The van der Waals surface area contributed by atoms with Crippen LogP contribution in [0, 0.1) is 0 Å². The number of hydrogen-bond acceptors (Lipinski definition) is 5. The van der Waals surface area contributed by atoms with E-state index in [-0.39, 0.29) is 0 Å². The Morgan fingerprint density at radius 3 is 3.00 bits per heavy atom. The summed E-state index contributed by atoms with van der Waals surface area (Å²) in [5, 5.41) is 3.38. The molecule has 1 saturated heterocycles. The third-order valence-electron chi connectivity index (χ3n) is 3.74. The molecule has 1 aliphatic rings. The number of ether oxygens (including phenoxy) is 2. The Bertz CT molecular complexity index is 394. The first-order chi connectivity index (χ1) is 9.83. The summed E-state index contributed by atoms with van der Waals surface area (Å²) in [5.41, 5.74) is 1.23. The quantitative estimate of drug-likeness (QED) is 0.765. The molecule has 112 valence electrons. The third-order valence-corrected chi connectivity index (χ3v) is 3.74. The van der Waals surface area contributed by atoms with Gasteiger partial charge >= 0.3 is 0 Å². The summed E-state index contributed by atoms with van der Waals surface area (Å²) in [4.78, 5) is 6.87. The number of anilines is 1. The van der Waals surface area contributed by atoms with Crippen molar-refractivity contribution in [3.63, 3.8) is 0 Å². The molecule has 2 heterocycles. The highest BCUT2D eigenvalue weighted by atomic mass is 16.5. The molecule has 0 saturated carbocycles. The first-order valence-electron chi connectivity index (χ1n) is 7.27. The highest BCUT2D eigenvalue weighted by molar-refractivity contribution is 5.47. The van der Waals surface area contributed by atoms with Crippen molar-refractivity contribution in [3.8, 4) is 0 Å². The van der Waals surface area contributed by atoms with Gasteiger partial charge in [0.2, 0.25) is 0 Å². The van der Waals surface area contributed by atoms with Gasteiger partial charge in [0, 0.05) is 58.3 Å². The van der Waals surface area contributed by atoms with E-state index >= 15 is 0 Å². The average molecular weight is 279 g/mol. The Labute approximate surface area is 121 Å². The zero-order valence-corrected chi connectivity index (χ0v) is 12.5. The Morgan fingerprint density at radius 1 is 1.45 bits per heavy atom. The Hall–Kier alpha value is -1.17. The van der Waals surface area contributed by atoms with Crippen molar-refractivity contribution in [3.05, 3.63) is 23.9 Å². The van der Waals surface area contributed by atoms with Crippen LogP contribution in [0.1, 0.15) is 18.4 Å². The van der Waals surface area contributed by atoms with Gasteiger partial charge in [0.15, 0.2) is 0 Å². The first kappa shape index (κ1) is 15.2. The predicted octanol–water partition coefficient (Wildman–Crippen LogP) is 1.43.